The summed E-state index contributed by atoms with van der Waals surface area (Å²) >= 11 is 0. The van der Waals surface area contributed by atoms with E-state index in [-0.39, 0.29) is 5.91 Å². The first kappa shape index (κ1) is 10.6. The first-order valence-electron chi connectivity index (χ1n) is 4.92. The van der Waals surface area contributed by atoms with E-state index in [1.165, 1.54) is 0 Å². The SMILES string of the molecule is CN1C(=O)Cc2cc(NC(=O)CO)ccc21. The van der Waals surface area contributed by atoms with Crippen molar-refractivity contribution in [1.82, 2.24) is 0 Å². The topological polar surface area (TPSA) is 69.6 Å². The Morgan fingerprint density at radius 2 is 2.31 bits per heavy atom. The zero-order valence-corrected chi connectivity index (χ0v) is 8.86. The van der Waals surface area contributed by atoms with Crippen LogP contribution in [0.25, 0.3) is 0 Å². The van der Waals surface area contributed by atoms with Gasteiger partial charge in [-0.25, -0.2) is 0 Å². The van der Waals surface area contributed by atoms with Crippen molar-refractivity contribution in [2.45, 2.75) is 6.42 Å². The van der Waals surface area contributed by atoms with E-state index in [9.17, 15) is 9.59 Å². The van der Waals surface area contributed by atoms with Gasteiger partial charge in [0, 0.05) is 18.4 Å². The van der Waals surface area contributed by atoms with Gasteiger partial charge >= 0.3 is 0 Å². The summed E-state index contributed by atoms with van der Waals surface area (Å²) in [5.74, 6) is -0.418. The molecule has 84 valence electrons. The molecule has 0 aromatic heterocycles. The lowest BCUT2D eigenvalue weighted by Crippen LogP contribution is -2.20. The van der Waals surface area contributed by atoms with E-state index >= 15 is 0 Å². The van der Waals surface area contributed by atoms with Crippen LogP contribution in [0.5, 0.6) is 0 Å². The smallest absolute Gasteiger partial charge is 0.250 e. The van der Waals surface area contributed by atoms with Crippen LogP contribution in [0.3, 0.4) is 0 Å². The van der Waals surface area contributed by atoms with Crippen LogP contribution in [-0.2, 0) is 16.0 Å². The second kappa shape index (κ2) is 3.94. The maximum atomic E-state index is 11.4. The summed E-state index contributed by atoms with van der Waals surface area (Å²) in [4.78, 5) is 24.0. The number of aliphatic hydroxyl groups excluding tert-OH is 1. The van der Waals surface area contributed by atoms with Gasteiger partial charge in [-0.1, -0.05) is 0 Å². The maximum absolute atomic E-state index is 11.4. The molecule has 1 heterocycles. The van der Waals surface area contributed by atoms with Gasteiger partial charge in [0.2, 0.25) is 11.8 Å². The zero-order chi connectivity index (χ0) is 11.7. The number of nitrogens with one attached hydrogen (secondary N) is 1. The highest BCUT2D eigenvalue weighted by atomic mass is 16.3. The highest BCUT2D eigenvalue weighted by molar-refractivity contribution is 6.02. The molecule has 0 saturated carbocycles. The zero-order valence-electron chi connectivity index (χ0n) is 8.86. The van der Waals surface area contributed by atoms with Crippen LogP contribution in [0.4, 0.5) is 11.4 Å². The van der Waals surface area contributed by atoms with Gasteiger partial charge in [-0.05, 0) is 23.8 Å². The minimum absolute atomic E-state index is 0.0423. The Bertz CT molecular complexity index is 457. The van der Waals surface area contributed by atoms with Crippen molar-refractivity contribution in [2.75, 3.05) is 23.9 Å². The molecule has 1 aliphatic heterocycles. The van der Waals surface area contributed by atoms with Crippen molar-refractivity contribution in [3.8, 4) is 0 Å². The average molecular weight is 220 g/mol. The molecule has 0 unspecified atom stereocenters. The van der Waals surface area contributed by atoms with Crippen molar-refractivity contribution in [1.29, 1.82) is 0 Å². The Balaban J connectivity index is 2.25. The van der Waals surface area contributed by atoms with Crippen molar-refractivity contribution < 1.29 is 14.7 Å². The summed E-state index contributed by atoms with van der Waals surface area (Å²) in [7, 11) is 1.72. The first-order valence-corrected chi connectivity index (χ1v) is 4.92. The Kier molecular flexibility index (Phi) is 2.62. The molecule has 0 bridgehead atoms. The molecule has 1 aromatic rings. The summed E-state index contributed by atoms with van der Waals surface area (Å²) in [5, 5.41) is 11.1. The Morgan fingerprint density at radius 3 is 3.00 bits per heavy atom. The standard InChI is InChI=1S/C11H12N2O3/c1-13-9-3-2-8(12-10(15)6-14)4-7(9)5-11(13)16/h2-4,14H,5-6H2,1H3,(H,12,15). The molecule has 2 rings (SSSR count). The predicted octanol–water partition coefficient (Wildman–Crippen LogP) is 0.136. The van der Waals surface area contributed by atoms with Crippen LogP contribution in [-0.4, -0.2) is 30.6 Å². The molecule has 1 aliphatic rings. The largest absolute Gasteiger partial charge is 0.387 e. The van der Waals surface area contributed by atoms with Gasteiger partial charge in [-0.2, -0.15) is 0 Å². The molecule has 2 amide bonds. The highest BCUT2D eigenvalue weighted by Crippen LogP contribution is 2.29. The van der Waals surface area contributed by atoms with Crippen molar-refractivity contribution >= 4 is 23.2 Å². The second-order valence-corrected chi connectivity index (χ2v) is 3.68. The summed E-state index contributed by atoms with van der Waals surface area (Å²) < 4.78 is 0. The lowest BCUT2D eigenvalue weighted by molar-refractivity contribution is -0.119. The van der Waals surface area contributed by atoms with Crippen LogP contribution < -0.4 is 10.2 Å². The molecular formula is C11H12N2O3. The fraction of sp³-hybridized carbons (Fsp3) is 0.273. The molecule has 2 N–H and O–H groups in total. The maximum Gasteiger partial charge on any atom is 0.250 e. The number of nitrogens with zero attached hydrogens (tertiary/aromatic N) is 1. The van der Waals surface area contributed by atoms with E-state index in [4.69, 9.17) is 5.11 Å². The normalized spacial score (nSPS) is 13.9. The van der Waals surface area contributed by atoms with Crippen LogP contribution in [0.1, 0.15) is 5.56 Å². The van der Waals surface area contributed by atoms with Crippen molar-refractivity contribution in [3.05, 3.63) is 23.8 Å². The molecule has 0 saturated heterocycles. The fourth-order valence-corrected chi connectivity index (χ4v) is 1.75. The summed E-state index contributed by atoms with van der Waals surface area (Å²) in [5.41, 5.74) is 2.36. The molecule has 16 heavy (non-hydrogen) atoms. The van der Waals surface area contributed by atoms with Gasteiger partial charge in [0.1, 0.15) is 6.61 Å². The lowest BCUT2D eigenvalue weighted by atomic mass is 10.1. The van der Waals surface area contributed by atoms with E-state index in [0.717, 1.165) is 11.3 Å². The van der Waals surface area contributed by atoms with E-state index in [0.29, 0.717) is 12.1 Å². The number of amides is 2. The molecular weight excluding hydrogens is 208 g/mol. The Labute approximate surface area is 92.7 Å². The fourth-order valence-electron chi connectivity index (χ4n) is 1.75. The first-order chi connectivity index (χ1) is 7.61. The number of hydrogen-bond acceptors (Lipinski definition) is 3. The number of fused-ring (bicyclic) bond motifs is 1. The number of hydrogen-bond donors (Lipinski definition) is 2. The molecule has 0 aliphatic carbocycles. The molecule has 5 nitrogen and oxygen atoms in total. The summed E-state index contributed by atoms with van der Waals surface area (Å²) in [6.45, 7) is -0.546. The van der Waals surface area contributed by atoms with Crippen LogP contribution in [0, 0.1) is 0 Å². The quantitative estimate of drug-likeness (QED) is 0.744. The number of anilines is 2. The van der Waals surface area contributed by atoms with Gasteiger partial charge in [-0.3, -0.25) is 9.59 Å². The average Bonchev–Trinajstić information content (AvgIpc) is 2.54. The molecule has 5 heteroatoms. The number of carbonyl (C=O) groups is 2. The molecule has 0 radical (unpaired) electrons. The Morgan fingerprint density at radius 1 is 1.56 bits per heavy atom. The molecule has 0 spiro atoms. The van der Waals surface area contributed by atoms with E-state index in [1.807, 2.05) is 0 Å². The number of likely N-dealkylation sites (N-methyl/N-ethyl adjacent to an activating group) is 1. The second-order valence-electron chi connectivity index (χ2n) is 3.68. The monoisotopic (exact) mass is 220 g/mol. The molecule has 1 aromatic carbocycles. The number of carbonyl (C=O) groups excluding carboxylic acids is 2. The van der Waals surface area contributed by atoms with Gasteiger partial charge in [0.05, 0.1) is 6.42 Å². The van der Waals surface area contributed by atoms with Crippen LogP contribution in [0.15, 0.2) is 18.2 Å². The lowest BCUT2D eigenvalue weighted by Gasteiger charge is -2.10. The van der Waals surface area contributed by atoms with Gasteiger partial charge < -0.3 is 15.3 Å². The number of aliphatic hydroxyl groups is 1. The highest BCUT2D eigenvalue weighted by Gasteiger charge is 2.23. The third-order valence-corrected chi connectivity index (χ3v) is 2.58. The summed E-state index contributed by atoms with van der Waals surface area (Å²) in [6, 6.07) is 5.25. The number of rotatable bonds is 2. The Hall–Kier alpha value is -1.88. The van der Waals surface area contributed by atoms with Gasteiger partial charge in [0.25, 0.3) is 0 Å². The van der Waals surface area contributed by atoms with E-state index in [2.05, 4.69) is 5.32 Å². The van der Waals surface area contributed by atoms with E-state index < -0.39 is 12.5 Å². The predicted molar refractivity (Wildman–Crippen MR) is 59.3 cm³/mol. The van der Waals surface area contributed by atoms with Gasteiger partial charge in [-0.15, -0.1) is 0 Å². The van der Waals surface area contributed by atoms with Crippen molar-refractivity contribution in [3.63, 3.8) is 0 Å². The number of benzene rings is 1. The summed E-state index contributed by atoms with van der Waals surface area (Å²) in [6.07, 6.45) is 0.356. The minimum atomic E-state index is -0.546. The van der Waals surface area contributed by atoms with Crippen LogP contribution >= 0.6 is 0 Å². The van der Waals surface area contributed by atoms with Crippen molar-refractivity contribution in [2.24, 2.45) is 0 Å². The minimum Gasteiger partial charge on any atom is -0.387 e. The van der Waals surface area contributed by atoms with Crippen LogP contribution in [0.2, 0.25) is 0 Å². The van der Waals surface area contributed by atoms with E-state index in [1.54, 1.807) is 30.1 Å². The van der Waals surface area contributed by atoms with Gasteiger partial charge in [0.15, 0.2) is 0 Å². The molecule has 0 fully saturated rings. The third kappa shape index (κ3) is 1.77. The molecule has 0 atom stereocenters. The third-order valence-electron chi connectivity index (χ3n) is 2.58.